The second kappa shape index (κ2) is 4.82. The highest BCUT2D eigenvalue weighted by Crippen LogP contribution is 2.49. The SMILES string of the molecule is CCn1ncnc1CC1(CCl)CCOC1C1CC1. The molecule has 1 aliphatic heterocycles. The molecular formula is C13H20ClN3O. The summed E-state index contributed by atoms with van der Waals surface area (Å²) in [5, 5.41) is 4.25. The molecule has 2 heterocycles. The van der Waals surface area contributed by atoms with Crippen molar-refractivity contribution >= 4 is 11.6 Å². The van der Waals surface area contributed by atoms with E-state index in [4.69, 9.17) is 16.3 Å². The summed E-state index contributed by atoms with van der Waals surface area (Å²) < 4.78 is 7.93. The fourth-order valence-corrected chi connectivity index (χ4v) is 3.51. The van der Waals surface area contributed by atoms with Crippen molar-refractivity contribution in [1.82, 2.24) is 14.8 Å². The molecule has 1 aliphatic carbocycles. The van der Waals surface area contributed by atoms with E-state index in [1.54, 1.807) is 6.33 Å². The minimum atomic E-state index is 0.0721. The molecule has 2 unspecified atom stereocenters. The summed E-state index contributed by atoms with van der Waals surface area (Å²) in [5.74, 6) is 2.43. The molecule has 0 radical (unpaired) electrons. The third-order valence-corrected chi connectivity index (χ3v) is 4.85. The first-order valence-corrected chi connectivity index (χ1v) is 7.37. The third-order valence-electron chi connectivity index (χ3n) is 4.32. The zero-order valence-electron chi connectivity index (χ0n) is 10.8. The number of aryl methyl sites for hydroxylation is 1. The lowest BCUT2D eigenvalue weighted by Crippen LogP contribution is -2.37. The van der Waals surface area contributed by atoms with Gasteiger partial charge in [-0.05, 0) is 32.1 Å². The monoisotopic (exact) mass is 269 g/mol. The highest BCUT2D eigenvalue weighted by Gasteiger charge is 2.51. The normalized spacial score (nSPS) is 32.0. The number of ether oxygens (including phenoxy) is 1. The highest BCUT2D eigenvalue weighted by molar-refractivity contribution is 6.18. The average molecular weight is 270 g/mol. The van der Waals surface area contributed by atoms with E-state index >= 15 is 0 Å². The predicted octanol–water partition coefficient (Wildman–Crippen LogP) is 2.26. The van der Waals surface area contributed by atoms with Crippen molar-refractivity contribution in [2.24, 2.45) is 11.3 Å². The Hall–Kier alpha value is -0.610. The number of alkyl halides is 1. The van der Waals surface area contributed by atoms with Gasteiger partial charge >= 0.3 is 0 Å². The van der Waals surface area contributed by atoms with Gasteiger partial charge in [0, 0.05) is 30.9 Å². The molecule has 5 heteroatoms. The molecular weight excluding hydrogens is 250 g/mol. The number of hydrogen-bond donors (Lipinski definition) is 0. The fraction of sp³-hybridized carbons (Fsp3) is 0.846. The van der Waals surface area contributed by atoms with Gasteiger partial charge in [0.2, 0.25) is 0 Å². The van der Waals surface area contributed by atoms with Crippen molar-refractivity contribution in [3.05, 3.63) is 12.2 Å². The van der Waals surface area contributed by atoms with Crippen LogP contribution < -0.4 is 0 Å². The summed E-state index contributed by atoms with van der Waals surface area (Å²) in [6.07, 6.45) is 6.51. The first kappa shape index (κ1) is 12.4. The maximum absolute atomic E-state index is 6.31. The van der Waals surface area contributed by atoms with Crippen molar-refractivity contribution in [3.8, 4) is 0 Å². The van der Waals surface area contributed by atoms with Gasteiger partial charge in [0.25, 0.3) is 0 Å². The van der Waals surface area contributed by atoms with E-state index in [1.165, 1.54) is 12.8 Å². The Morgan fingerprint density at radius 3 is 3.06 bits per heavy atom. The summed E-state index contributed by atoms with van der Waals surface area (Å²) in [5.41, 5.74) is 0.0721. The zero-order valence-corrected chi connectivity index (χ0v) is 11.6. The smallest absolute Gasteiger partial charge is 0.138 e. The molecule has 0 bridgehead atoms. The molecule has 0 spiro atoms. The lowest BCUT2D eigenvalue weighted by molar-refractivity contribution is 0.0391. The van der Waals surface area contributed by atoms with Crippen LogP contribution in [0, 0.1) is 11.3 Å². The fourth-order valence-electron chi connectivity index (χ4n) is 3.13. The summed E-state index contributed by atoms with van der Waals surface area (Å²) >= 11 is 6.31. The van der Waals surface area contributed by atoms with Crippen LogP contribution in [0.3, 0.4) is 0 Å². The Morgan fingerprint density at radius 1 is 1.56 bits per heavy atom. The Labute approximate surface area is 113 Å². The van der Waals surface area contributed by atoms with Gasteiger partial charge in [0.05, 0.1) is 6.10 Å². The van der Waals surface area contributed by atoms with Crippen LogP contribution in [0.1, 0.15) is 32.0 Å². The summed E-state index contributed by atoms with van der Waals surface area (Å²) in [4.78, 5) is 4.40. The Morgan fingerprint density at radius 2 is 2.39 bits per heavy atom. The summed E-state index contributed by atoms with van der Waals surface area (Å²) in [7, 11) is 0. The Balaban J connectivity index is 1.82. The van der Waals surface area contributed by atoms with Crippen LogP contribution in [0.2, 0.25) is 0 Å². The van der Waals surface area contributed by atoms with Gasteiger partial charge < -0.3 is 4.74 Å². The number of hydrogen-bond acceptors (Lipinski definition) is 3. The van der Waals surface area contributed by atoms with Gasteiger partial charge in [0.15, 0.2) is 0 Å². The molecule has 3 rings (SSSR count). The third kappa shape index (κ3) is 2.05. The lowest BCUT2D eigenvalue weighted by atomic mass is 9.77. The van der Waals surface area contributed by atoms with Crippen molar-refractivity contribution in [2.75, 3.05) is 12.5 Å². The van der Waals surface area contributed by atoms with Crippen LogP contribution in [-0.2, 0) is 17.7 Å². The standard InChI is InChI=1S/C13H20ClN3O/c1-2-17-11(15-9-16-17)7-13(8-14)5-6-18-12(13)10-3-4-10/h9-10,12H,2-8H2,1H3. The maximum Gasteiger partial charge on any atom is 0.138 e. The zero-order chi connectivity index (χ0) is 12.6. The van der Waals surface area contributed by atoms with Crippen LogP contribution in [0.4, 0.5) is 0 Å². The van der Waals surface area contributed by atoms with Crippen molar-refractivity contribution < 1.29 is 4.74 Å². The summed E-state index contributed by atoms with van der Waals surface area (Å²) in [6, 6.07) is 0. The molecule has 4 nitrogen and oxygen atoms in total. The number of halogens is 1. The quantitative estimate of drug-likeness (QED) is 0.770. The van der Waals surface area contributed by atoms with Gasteiger partial charge in [-0.15, -0.1) is 11.6 Å². The average Bonchev–Trinajstić information content (AvgIpc) is 3.00. The van der Waals surface area contributed by atoms with Crippen molar-refractivity contribution in [1.29, 1.82) is 0 Å². The Kier molecular flexibility index (Phi) is 3.32. The molecule has 1 saturated heterocycles. The summed E-state index contributed by atoms with van der Waals surface area (Å²) in [6.45, 7) is 3.80. The second-order valence-corrected chi connectivity index (χ2v) is 5.81. The molecule has 100 valence electrons. The van der Waals surface area contributed by atoms with Crippen LogP contribution in [-0.4, -0.2) is 33.4 Å². The molecule has 0 amide bonds. The van der Waals surface area contributed by atoms with E-state index in [-0.39, 0.29) is 5.41 Å². The molecule has 0 aromatic carbocycles. The first-order valence-electron chi connectivity index (χ1n) is 6.83. The van der Waals surface area contributed by atoms with Crippen LogP contribution >= 0.6 is 11.6 Å². The Bertz CT molecular complexity index is 418. The van der Waals surface area contributed by atoms with Gasteiger partial charge in [-0.1, -0.05) is 0 Å². The maximum atomic E-state index is 6.31. The van der Waals surface area contributed by atoms with E-state index in [2.05, 4.69) is 17.0 Å². The predicted molar refractivity (Wildman–Crippen MR) is 69.6 cm³/mol. The molecule has 2 aliphatic rings. The second-order valence-electron chi connectivity index (χ2n) is 5.54. The van der Waals surface area contributed by atoms with Crippen LogP contribution in [0.25, 0.3) is 0 Å². The van der Waals surface area contributed by atoms with E-state index in [0.717, 1.165) is 37.7 Å². The van der Waals surface area contributed by atoms with Crippen molar-refractivity contribution in [3.63, 3.8) is 0 Å². The molecule has 1 aromatic rings. The largest absolute Gasteiger partial charge is 0.377 e. The van der Waals surface area contributed by atoms with Crippen LogP contribution in [0.15, 0.2) is 6.33 Å². The first-order chi connectivity index (χ1) is 8.79. The molecule has 18 heavy (non-hydrogen) atoms. The minimum absolute atomic E-state index is 0.0721. The van der Waals surface area contributed by atoms with Gasteiger partial charge in [-0.3, -0.25) is 4.68 Å². The van der Waals surface area contributed by atoms with E-state index in [9.17, 15) is 0 Å². The van der Waals surface area contributed by atoms with E-state index in [0.29, 0.717) is 12.0 Å². The van der Waals surface area contributed by atoms with Gasteiger partial charge in [-0.25, -0.2) is 4.98 Å². The highest BCUT2D eigenvalue weighted by atomic mass is 35.5. The number of nitrogens with zero attached hydrogens (tertiary/aromatic N) is 3. The molecule has 0 N–H and O–H groups in total. The lowest BCUT2D eigenvalue weighted by Gasteiger charge is -2.32. The van der Waals surface area contributed by atoms with Crippen molar-refractivity contribution in [2.45, 2.75) is 45.3 Å². The number of aromatic nitrogens is 3. The molecule has 1 aromatic heterocycles. The molecule has 2 atom stereocenters. The molecule has 2 fully saturated rings. The van der Waals surface area contributed by atoms with Gasteiger partial charge in [0.1, 0.15) is 12.2 Å². The van der Waals surface area contributed by atoms with E-state index in [1.807, 2.05) is 4.68 Å². The van der Waals surface area contributed by atoms with E-state index < -0.39 is 0 Å². The van der Waals surface area contributed by atoms with Crippen LogP contribution in [0.5, 0.6) is 0 Å². The number of rotatable bonds is 5. The minimum Gasteiger partial charge on any atom is -0.377 e. The van der Waals surface area contributed by atoms with Gasteiger partial charge in [-0.2, -0.15) is 5.10 Å². The topological polar surface area (TPSA) is 39.9 Å². The molecule has 1 saturated carbocycles.